The van der Waals surface area contributed by atoms with Gasteiger partial charge < -0.3 is 35.7 Å². The van der Waals surface area contributed by atoms with Crippen molar-refractivity contribution in [2.75, 3.05) is 20.2 Å². The molecule has 0 saturated carbocycles. The molecule has 2 aliphatic heterocycles. The molecule has 1 saturated heterocycles. The van der Waals surface area contributed by atoms with Crippen LogP contribution < -0.4 is 16.0 Å². The summed E-state index contributed by atoms with van der Waals surface area (Å²) in [6, 6.07) is 6.27. The summed E-state index contributed by atoms with van der Waals surface area (Å²) in [6.07, 6.45) is 5.28. The number of nitrogens with zero attached hydrogens (tertiary/aromatic N) is 1. The Morgan fingerprint density at radius 2 is 1.97 bits per heavy atom. The van der Waals surface area contributed by atoms with Crippen LogP contribution >= 0.6 is 11.6 Å². The summed E-state index contributed by atoms with van der Waals surface area (Å²) in [5, 5.41) is 15.9. The van der Waals surface area contributed by atoms with Crippen LogP contribution in [0.1, 0.15) is 18.4 Å². The molecule has 0 radical (unpaired) electrons. The zero-order valence-corrected chi connectivity index (χ0v) is 20.4. The standard InChI is InChI=1S/C24H28ClF2N5O4/c1-35-24(34)32-8-6-18(7-9-32)36-21-10-20(22(33)30-12-15-2-4-17(25)5-3-15)29-14-19(21)16(11-28)13-31-23(26)27/h2-5,10-11,13-14,18,20,23,28-29,31H,6-9,12H2,1H3,(H,30,33)/b16-13+,28-11?. The van der Waals surface area contributed by atoms with Crippen molar-refractivity contribution in [3.63, 3.8) is 0 Å². The molecule has 0 spiro atoms. The Morgan fingerprint density at radius 3 is 2.58 bits per heavy atom. The molecular formula is C24H28ClF2N5O4. The third kappa shape index (κ3) is 7.45. The number of allylic oxidation sites excluding steroid dienone is 1. The molecule has 1 aromatic rings. The Balaban J connectivity index is 1.73. The van der Waals surface area contributed by atoms with E-state index in [4.69, 9.17) is 26.5 Å². The Morgan fingerprint density at radius 1 is 1.28 bits per heavy atom. The van der Waals surface area contributed by atoms with E-state index in [2.05, 4.69) is 10.6 Å². The lowest BCUT2D eigenvalue weighted by Gasteiger charge is -2.33. The summed E-state index contributed by atoms with van der Waals surface area (Å²) >= 11 is 5.90. The molecule has 3 rings (SSSR count). The van der Waals surface area contributed by atoms with Crippen molar-refractivity contribution in [1.29, 1.82) is 5.41 Å². The lowest BCUT2D eigenvalue weighted by Crippen LogP contribution is -2.43. The average molecular weight is 524 g/mol. The predicted octanol–water partition coefficient (Wildman–Crippen LogP) is 3.29. The predicted molar refractivity (Wildman–Crippen MR) is 130 cm³/mol. The van der Waals surface area contributed by atoms with Crippen LogP contribution in [0.5, 0.6) is 0 Å². The summed E-state index contributed by atoms with van der Waals surface area (Å²) in [4.78, 5) is 26.1. The SMILES string of the molecule is COC(=O)N1CCC(OC2=CC(C(=O)NCc3ccc(Cl)cc3)NC=C2/C(C=N)=C/NC(F)F)CC1. The highest BCUT2D eigenvalue weighted by Crippen LogP contribution is 2.27. The molecule has 1 fully saturated rings. The van der Waals surface area contributed by atoms with E-state index in [-0.39, 0.29) is 29.9 Å². The summed E-state index contributed by atoms with van der Waals surface area (Å²) < 4.78 is 36.3. The minimum absolute atomic E-state index is 0.140. The van der Waals surface area contributed by atoms with E-state index in [1.807, 2.05) is 5.32 Å². The van der Waals surface area contributed by atoms with E-state index >= 15 is 0 Å². The van der Waals surface area contributed by atoms with Crippen LogP contribution in [0.2, 0.25) is 5.02 Å². The first-order chi connectivity index (χ1) is 17.3. The summed E-state index contributed by atoms with van der Waals surface area (Å²) in [6.45, 7) is -1.68. The van der Waals surface area contributed by atoms with Gasteiger partial charge in [0.2, 0.25) is 5.91 Å². The number of dihydropyridines is 1. The molecule has 9 nitrogen and oxygen atoms in total. The highest BCUT2D eigenvalue weighted by molar-refractivity contribution is 6.30. The van der Waals surface area contributed by atoms with Crippen molar-refractivity contribution >= 4 is 29.8 Å². The van der Waals surface area contributed by atoms with E-state index in [1.165, 1.54) is 13.3 Å². The molecular weight excluding hydrogens is 496 g/mol. The monoisotopic (exact) mass is 523 g/mol. The summed E-state index contributed by atoms with van der Waals surface area (Å²) in [5.41, 5.74) is 1.35. The fraction of sp³-hybridized carbons (Fsp3) is 0.375. The number of halogens is 3. The molecule has 0 aromatic heterocycles. The van der Waals surface area contributed by atoms with Crippen molar-refractivity contribution in [1.82, 2.24) is 20.9 Å². The van der Waals surface area contributed by atoms with Gasteiger partial charge in [0.25, 0.3) is 0 Å². The zero-order chi connectivity index (χ0) is 26.1. The molecule has 1 aromatic carbocycles. The van der Waals surface area contributed by atoms with E-state index in [0.29, 0.717) is 36.5 Å². The van der Waals surface area contributed by atoms with Crippen LogP contribution in [0.4, 0.5) is 13.6 Å². The smallest absolute Gasteiger partial charge is 0.409 e. The molecule has 2 heterocycles. The van der Waals surface area contributed by atoms with Crippen molar-refractivity contribution in [2.24, 2.45) is 0 Å². The average Bonchev–Trinajstić information content (AvgIpc) is 2.89. The minimum atomic E-state index is -2.81. The Bertz CT molecular complexity index is 1040. The molecule has 12 heteroatoms. The number of piperidine rings is 1. The van der Waals surface area contributed by atoms with E-state index < -0.39 is 18.7 Å². The summed E-state index contributed by atoms with van der Waals surface area (Å²) in [7, 11) is 1.32. The van der Waals surface area contributed by atoms with Gasteiger partial charge in [0, 0.05) is 67.3 Å². The summed E-state index contributed by atoms with van der Waals surface area (Å²) in [5.74, 6) is -0.0457. The third-order valence-electron chi connectivity index (χ3n) is 5.65. The highest BCUT2D eigenvalue weighted by Gasteiger charge is 2.29. The molecule has 4 N–H and O–H groups in total. The largest absolute Gasteiger partial charge is 0.490 e. The maximum Gasteiger partial charge on any atom is 0.409 e. The van der Waals surface area contributed by atoms with Gasteiger partial charge >= 0.3 is 12.6 Å². The van der Waals surface area contributed by atoms with Crippen LogP contribution in [0.15, 0.2) is 59.6 Å². The van der Waals surface area contributed by atoms with Crippen molar-refractivity contribution in [3.05, 3.63) is 70.2 Å². The maximum absolute atomic E-state index is 12.8. The zero-order valence-electron chi connectivity index (χ0n) is 19.6. The van der Waals surface area contributed by atoms with Gasteiger partial charge in [-0.15, -0.1) is 0 Å². The lowest BCUT2D eigenvalue weighted by atomic mass is 10.0. The van der Waals surface area contributed by atoms with Crippen LogP contribution in [-0.2, 0) is 20.8 Å². The fourth-order valence-electron chi connectivity index (χ4n) is 3.73. The number of alkyl halides is 2. The first kappa shape index (κ1) is 27.0. The number of methoxy groups -OCH3 is 1. The third-order valence-corrected chi connectivity index (χ3v) is 5.90. The molecule has 0 bridgehead atoms. The van der Waals surface area contributed by atoms with Gasteiger partial charge in [0.1, 0.15) is 17.9 Å². The molecule has 0 aliphatic carbocycles. The second kappa shape index (κ2) is 12.9. The molecule has 2 aliphatic rings. The molecule has 1 unspecified atom stereocenters. The quantitative estimate of drug-likeness (QED) is 0.292. The first-order valence-electron chi connectivity index (χ1n) is 11.3. The van der Waals surface area contributed by atoms with Crippen LogP contribution in [-0.4, -0.2) is 62.0 Å². The number of carbonyl (C=O) groups is 2. The fourth-order valence-corrected chi connectivity index (χ4v) is 3.86. The Hall–Kier alpha value is -3.60. The van der Waals surface area contributed by atoms with E-state index in [9.17, 15) is 18.4 Å². The van der Waals surface area contributed by atoms with Gasteiger partial charge in [-0.3, -0.25) is 4.79 Å². The van der Waals surface area contributed by atoms with Crippen LogP contribution in [0.3, 0.4) is 0 Å². The Kier molecular flexibility index (Phi) is 9.69. The van der Waals surface area contributed by atoms with Gasteiger partial charge in [-0.25, -0.2) is 4.79 Å². The lowest BCUT2D eigenvalue weighted by molar-refractivity contribution is -0.122. The van der Waals surface area contributed by atoms with Crippen molar-refractivity contribution in [3.8, 4) is 0 Å². The highest BCUT2D eigenvalue weighted by atomic mass is 35.5. The number of benzene rings is 1. The molecule has 194 valence electrons. The number of rotatable bonds is 9. The topological polar surface area (TPSA) is 116 Å². The number of carbonyl (C=O) groups excluding carboxylic acids is 2. The number of nitrogens with one attached hydrogen (secondary N) is 4. The van der Waals surface area contributed by atoms with Crippen LogP contribution in [0, 0.1) is 5.41 Å². The number of likely N-dealkylation sites (tertiary alicyclic amines) is 1. The van der Waals surface area contributed by atoms with Crippen LogP contribution in [0.25, 0.3) is 0 Å². The van der Waals surface area contributed by atoms with Crippen molar-refractivity contribution in [2.45, 2.75) is 38.1 Å². The maximum atomic E-state index is 12.8. The molecule has 1 atom stereocenters. The number of ether oxygens (including phenoxy) is 2. The first-order valence-corrected chi connectivity index (χ1v) is 11.6. The molecule has 36 heavy (non-hydrogen) atoms. The second-order valence-corrected chi connectivity index (χ2v) is 8.50. The van der Waals surface area contributed by atoms with Gasteiger partial charge in [0.05, 0.1) is 7.11 Å². The Labute approximate surface area is 212 Å². The van der Waals surface area contributed by atoms with Gasteiger partial charge in [-0.1, -0.05) is 23.7 Å². The second-order valence-electron chi connectivity index (χ2n) is 8.06. The normalized spacial score (nSPS) is 18.5. The number of hydrogen-bond donors (Lipinski definition) is 4. The number of hydrogen-bond acceptors (Lipinski definition) is 7. The van der Waals surface area contributed by atoms with Gasteiger partial charge in [0.15, 0.2) is 0 Å². The molecule has 2 amide bonds. The minimum Gasteiger partial charge on any atom is -0.490 e. The van der Waals surface area contributed by atoms with Crippen molar-refractivity contribution < 1.29 is 27.8 Å². The van der Waals surface area contributed by atoms with Gasteiger partial charge in [-0.05, 0) is 23.8 Å². The van der Waals surface area contributed by atoms with E-state index in [0.717, 1.165) is 18.0 Å². The number of amides is 2. The van der Waals surface area contributed by atoms with Gasteiger partial charge in [-0.2, -0.15) is 8.78 Å². The van der Waals surface area contributed by atoms with E-state index in [1.54, 1.807) is 35.2 Å².